The average molecular weight is 267 g/mol. The van der Waals surface area contributed by atoms with Crippen LogP contribution >= 0.6 is 0 Å². The largest absolute Gasteiger partial charge is 0.494 e. The SMILES string of the molecule is CNCC1(Cc2cccc(OC)c2F)CCCOC1. The molecule has 19 heavy (non-hydrogen) atoms. The molecule has 4 heteroatoms. The lowest BCUT2D eigenvalue weighted by Gasteiger charge is -2.37. The summed E-state index contributed by atoms with van der Waals surface area (Å²) in [6, 6.07) is 5.33. The van der Waals surface area contributed by atoms with Gasteiger partial charge >= 0.3 is 0 Å². The Labute approximate surface area is 114 Å². The fraction of sp³-hybridized carbons (Fsp3) is 0.600. The Morgan fingerprint density at radius 2 is 2.32 bits per heavy atom. The second kappa shape index (κ2) is 6.35. The molecule has 0 bridgehead atoms. The Bertz CT molecular complexity index is 411. The molecule has 2 rings (SSSR count). The molecule has 1 aliphatic rings. The van der Waals surface area contributed by atoms with Gasteiger partial charge in [-0.2, -0.15) is 0 Å². The van der Waals surface area contributed by atoms with Crippen molar-refractivity contribution in [2.24, 2.45) is 5.41 Å². The molecule has 1 unspecified atom stereocenters. The standard InChI is InChI=1S/C15H22FNO2/c1-17-10-15(7-4-8-19-11-15)9-12-5-3-6-13(18-2)14(12)16/h3,5-6,17H,4,7-11H2,1-2H3. The molecule has 1 fully saturated rings. The predicted octanol–water partition coefficient (Wildman–Crippen LogP) is 2.39. The van der Waals surface area contributed by atoms with Crippen LogP contribution in [-0.4, -0.2) is 33.9 Å². The summed E-state index contributed by atoms with van der Waals surface area (Å²) in [4.78, 5) is 0. The summed E-state index contributed by atoms with van der Waals surface area (Å²) in [5, 5.41) is 3.21. The number of rotatable bonds is 5. The van der Waals surface area contributed by atoms with Crippen LogP contribution in [0.25, 0.3) is 0 Å². The van der Waals surface area contributed by atoms with Gasteiger partial charge in [0.15, 0.2) is 11.6 Å². The zero-order chi connectivity index (χ0) is 13.7. The van der Waals surface area contributed by atoms with E-state index in [0.717, 1.165) is 26.0 Å². The van der Waals surface area contributed by atoms with Crippen molar-refractivity contribution >= 4 is 0 Å². The summed E-state index contributed by atoms with van der Waals surface area (Å²) in [5.41, 5.74) is 0.695. The Hall–Kier alpha value is -1.13. The van der Waals surface area contributed by atoms with Crippen LogP contribution in [0.1, 0.15) is 18.4 Å². The van der Waals surface area contributed by atoms with Crippen LogP contribution in [0.3, 0.4) is 0 Å². The minimum absolute atomic E-state index is 0.0137. The number of halogens is 1. The maximum Gasteiger partial charge on any atom is 0.168 e. The van der Waals surface area contributed by atoms with E-state index in [1.807, 2.05) is 19.2 Å². The first kappa shape index (κ1) is 14.3. The lowest BCUT2D eigenvalue weighted by Crippen LogP contribution is -2.42. The summed E-state index contributed by atoms with van der Waals surface area (Å²) < 4.78 is 24.9. The first-order valence-corrected chi connectivity index (χ1v) is 6.74. The highest BCUT2D eigenvalue weighted by atomic mass is 19.1. The van der Waals surface area contributed by atoms with Crippen molar-refractivity contribution in [2.45, 2.75) is 19.3 Å². The Morgan fingerprint density at radius 1 is 1.47 bits per heavy atom. The van der Waals surface area contributed by atoms with Gasteiger partial charge < -0.3 is 14.8 Å². The quantitative estimate of drug-likeness (QED) is 0.888. The van der Waals surface area contributed by atoms with Crippen molar-refractivity contribution in [3.05, 3.63) is 29.6 Å². The number of hydrogen-bond donors (Lipinski definition) is 1. The molecule has 0 aromatic heterocycles. The Kier molecular flexibility index (Phi) is 4.77. The fourth-order valence-corrected chi connectivity index (χ4v) is 2.88. The van der Waals surface area contributed by atoms with Crippen LogP contribution < -0.4 is 10.1 Å². The lowest BCUT2D eigenvalue weighted by atomic mass is 9.77. The zero-order valence-electron chi connectivity index (χ0n) is 11.7. The van der Waals surface area contributed by atoms with Gasteiger partial charge in [0.2, 0.25) is 0 Å². The van der Waals surface area contributed by atoms with Crippen LogP contribution in [-0.2, 0) is 11.2 Å². The molecular weight excluding hydrogens is 245 g/mol. The third-order valence-corrected chi connectivity index (χ3v) is 3.78. The van der Waals surface area contributed by atoms with Crippen molar-refractivity contribution in [1.82, 2.24) is 5.32 Å². The van der Waals surface area contributed by atoms with Crippen molar-refractivity contribution in [1.29, 1.82) is 0 Å². The van der Waals surface area contributed by atoms with Gasteiger partial charge in [-0.3, -0.25) is 0 Å². The first-order chi connectivity index (χ1) is 9.21. The first-order valence-electron chi connectivity index (χ1n) is 6.74. The van der Waals surface area contributed by atoms with Gasteiger partial charge in [0, 0.05) is 18.6 Å². The second-order valence-electron chi connectivity index (χ2n) is 5.30. The van der Waals surface area contributed by atoms with E-state index >= 15 is 0 Å². The van der Waals surface area contributed by atoms with Gasteiger partial charge in [-0.25, -0.2) is 4.39 Å². The molecule has 1 saturated heterocycles. The molecule has 0 radical (unpaired) electrons. The molecule has 0 spiro atoms. The van der Waals surface area contributed by atoms with Gasteiger partial charge in [0.1, 0.15) is 0 Å². The summed E-state index contributed by atoms with van der Waals surface area (Å²) in [6.07, 6.45) is 2.77. The molecule has 1 aromatic rings. The molecule has 0 aliphatic carbocycles. The number of nitrogens with one attached hydrogen (secondary N) is 1. The highest BCUT2D eigenvalue weighted by molar-refractivity contribution is 5.32. The van der Waals surface area contributed by atoms with Crippen LogP contribution in [0.15, 0.2) is 18.2 Å². The molecule has 1 N–H and O–H groups in total. The van der Waals surface area contributed by atoms with E-state index in [4.69, 9.17) is 9.47 Å². The summed E-state index contributed by atoms with van der Waals surface area (Å²) in [5.74, 6) is 0.0693. The monoisotopic (exact) mass is 267 g/mol. The second-order valence-corrected chi connectivity index (χ2v) is 5.30. The summed E-state index contributed by atoms with van der Waals surface area (Å²) >= 11 is 0. The number of hydrogen-bond acceptors (Lipinski definition) is 3. The van der Waals surface area contributed by atoms with Gasteiger partial charge in [-0.1, -0.05) is 12.1 Å². The van der Waals surface area contributed by atoms with Crippen LogP contribution in [0.2, 0.25) is 0 Å². The van der Waals surface area contributed by atoms with Crippen molar-refractivity contribution in [2.75, 3.05) is 33.9 Å². The molecule has 1 atom stereocenters. The van der Waals surface area contributed by atoms with E-state index in [0.29, 0.717) is 24.3 Å². The zero-order valence-corrected chi connectivity index (χ0v) is 11.7. The normalized spacial score (nSPS) is 23.3. The van der Waals surface area contributed by atoms with E-state index in [9.17, 15) is 4.39 Å². The number of benzene rings is 1. The summed E-state index contributed by atoms with van der Waals surface area (Å²) in [6.45, 7) is 2.33. The third-order valence-electron chi connectivity index (χ3n) is 3.78. The average Bonchev–Trinajstić information content (AvgIpc) is 2.42. The maximum atomic E-state index is 14.3. The molecular formula is C15H22FNO2. The number of ether oxygens (including phenoxy) is 2. The Morgan fingerprint density at radius 3 is 2.95 bits per heavy atom. The smallest absolute Gasteiger partial charge is 0.168 e. The van der Waals surface area contributed by atoms with Crippen molar-refractivity contribution in [3.8, 4) is 5.75 Å². The van der Waals surface area contributed by atoms with Crippen LogP contribution in [0.5, 0.6) is 5.75 Å². The molecule has 1 aliphatic heterocycles. The van der Waals surface area contributed by atoms with E-state index in [1.54, 1.807) is 6.07 Å². The summed E-state index contributed by atoms with van der Waals surface area (Å²) in [7, 11) is 3.42. The fourth-order valence-electron chi connectivity index (χ4n) is 2.88. The minimum atomic E-state index is -0.244. The van der Waals surface area contributed by atoms with E-state index in [1.165, 1.54) is 7.11 Å². The van der Waals surface area contributed by atoms with E-state index in [2.05, 4.69) is 5.32 Å². The number of methoxy groups -OCH3 is 1. The van der Waals surface area contributed by atoms with Crippen LogP contribution in [0.4, 0.5) is 4.39 Å². The highest BCUT2D eigenvalue weighted by Gasteiger charge is 2.33. The van der Waals surface area contributed by atoms with Gasteiger partial charge in [-0.15, -0.1) is 0 Å². The van der Waals surface area contributed by atoms with E-state index in [-0.39, 0.29) is 11.2 Å². The van der Waals surface area contributed by atoms with Gasteiger partial charge in [-0.05, 0) is 37.9 Å². The van der Waals surface area contributed by atoms with Crippen molar-refractivity contribution < 1.29 is 13.9 Å². The predicted molar refractivity (Wildman–Crippen MR) is 73.1 cm³/mol. The molecule has 0 amide bonds. The highest BCUT2D eigenvalue weighted by Crippen LogP contribution is 2.34. The van der Waals surface area contributed by atoms with E-state index < -0.39 is 0 Å². The van der Waals surface area contributed by atoms with Crippen molar-refractivity contribution in [3.63, 3.8) is 0 Å². The molecule has 106 valence electrons. The maximum absolute atomic E-state index is 14.3. The minimum Gasteiger partial charge on any atom is -0.494 e. The Balaban J connectivity index is 2.21. The molecule has 3 nitrogen and oxygen atoms in total. The lowest BCUT2D eigenvalue weighted by molar-refractivity contribution is -0.00666. The molecule has 0 saturated carbocycles. The molecule has 1 heterocycles. The topological polar surface area (TPSA) is 30.5 Å². The molecule has 1 aromatic carbocycles. The third kappa shape index (κ3) is 3.25. The van der Waals surface area contributed by atoms with Gasteiger partial charge in [0.25, 0.3) is 0 Å². The van der Waals surface area contributed by atoms with Gasteiger partial charge in [0.05, 0.1) is 13.7 Å². The van der Waals surface area contributed by atoms with Crippen LogP contribution in [0, 0.1) is 11.2 Å².